The van der Waals surface area contributed by atoms with E-state index in [0.717, 1.165) is 36.0 Å². The summed E-state index contributed by atoms with van der Waals surface area (Å²) in [6, 6.07) is 0. The molecule has 4 aliphatic carbocycles. The van der Waals surface area contributed by atoms with E-state index in [0.29, 0.717) is 5.92 Å². The Morgan fingerprint density at radius 1 is 0.955 bits per heavy atom. The highest BCUT2D eigenvalue weighted by Crippen LogP contribution is 2.64. The second kappa shape index (κ2) is 5.24. The average molecular weight is 304 g/mol. The maximum Gasteiger partial charge on any atom is 0.307 e. The van der Waals surface area contributed by atoms with Gasteiger partial charge in [-0.3, -0.25) is 4.79 Å². The van der Waals surface area contributed by atoms with Gasteiger partial charge in [0.15, 0.2) is 0 Å². The molecule has 0 aromatic carbocycles. The van der Waals surface area contributed by atoms with Gasteiger partial charge in [0.2, 0.25) is 0 Å². The molecule has 0 bridgehead atoms. The first-order valence-corrected chi connectivity index (χ1v) is 9.73. The Labute approximate surface area is 135 Å². The Morgan fingerprint density at radius 2 is 1.73 bits per heavy atom. The SMILES string of the molecule is CC1CCC2C(CCC3C2CCC2(C)C(C(=O)O)CCC32)C1. The zero-order valence-corrected chi connectivity index (χ0v) is 14.3. The van der Waals surface area contributed by atoms with Gasteiger partial charge in [-0.15, -0.1) is 0 Å². The molecule has 2 heteroatoms. The van der Waals surface area contributed by atoms with Crippen molar-refractivity contribution in [2.24, 2.45) is 46.8 Å². The lowest BCUT2D eigenvalue weighted by atomic mass is 9.49. The molecule has 2 nitrogen and oxygen atoms in total. The maximum absolute atomic E-state index is 11.7. The maximum atomic E-state index is 11.7. The number of carboxylic acids is 1. The number of rotatable bonds is 1. The van der Waals surface area contributed by atoms with Gasteiger partial charge in [-0.25, -0.2) is 0 Å². The van der Waals surface area contributed by atoms with Crippen LogP contribution in [-0.4, -0.2) is 11.1 Å². The third kappa shape index (κ3) is 2.08. The van der Waals surface area contributed by atoms with Gasteiger partial charge < -0.3 is 5.11 Å². The van der Waals surface area contributed by atoms with Crippen LogP contribution in [-0.2, 0) is 4.79 Å². The lowest BCUT2D eigenvalue weighted by Gasteiger charge is -2.56. The molecule has 0 radical (unpaired) electrons. The van der Waals surface area contributed by atoms with E-state index in [4.69, 9.17) is 0 Å². The van der Waals surface area contributed by atoms with E-state index >= 15 is 0 Å². The van der Waals surface area contributed by atoms with Crippen molar-refractivity contribution >= 4 is 5.97 Å². The van der Waals surface area contributed by atoms with Gasteiger partial charge in [0.1, 0.15) is 0 Å². The predicted octanol–water partition coefficient (Wildman–Crippen LogP) is 4.98. The standard InChI is InChI=1S/C20H32O2/c1-12-3-5-14-13(11-12)4-6-16-15(14)9-10-20(2)17(16)7-8-18(20)19(21)22/h12-18H,3-11H2,1-2H3,(H,21,22). The minimum atomic E-state index is -0.524. The second-order valence-electron chi connectivity index (χ2n) is 9.37. The van der Waals surface area contributed by atoms with Crippen molar-refractivity contribution in [2.75, 3.05) is 0 Å². The van der Waals surface area contributed by atoms with Gasteiger partial charge in [0.25, 0.3) is 0 Å². The molecule has 4 aliphatic rings. The van der Waals surface area contributed by atoms with Crippen LogP contribution in [0.2, 0.25) is 0 Å². The van der Waals surface area contributed by atoms with E-state index in [1.807, 2.05) is 0 Å². The molecule has 124 valence electrons. The van der Waals surface area contributed by atoms with Crippen LogP contribution in [0.3, 0.4) is 0 Å². The van der Waals surface area contributed by atoms with Gasteiger partial charge >= 0.3 is 5.97 Å². The fourth-order valence-corrected chi connectivity index (χ4v) is 7.49. The minimum Gasteiger partial charge on any atom is -0.481 e. The van der Waals surface area contributed by atoms with Crippen LogP contribution >= 0.6 is 0 Å². The third-order valence-electron chi connectivity index (χ3n) is 8.51. The van der Waals surface area contributed by atoms with E-state index in [9.17, 15) is 9.90 Å². The largest absolute Gasteiger partial charge is 0.481 e. The van der Waals surface area contributed by atoms with Crippen molar-refractivity contribution in [1.82, 2.24) is 0 Å². The summed E-state index contributed by atoms with van der Waals surface area (Å²) in [5.74, 6) is 4.79. The number of carbonyl (C=O) groups is 1. The summed E-state index contributed by atoms with van der Waals surface area (Å²) in [5, 5.41) is 9.63. The van der Waals surface area contributed by atoms with Gasteiger partial charge in [0.05, 0.1) is 5.92 Å². The van der Waals surface area contributed by atoms with Crippen molar-refractivity contribution in [3.05, 3.63) is 0 Å². The molecule has 4 fully saturated rings. The van der Waals surface area contributed by atoms with Crippen molar-refractivity contribution in [3.8, 4) is 0 Å². The molecule has 0 aromatic rings. The number of hydrogen-bond acceptors (Lipinski definition) is 1. The van der Waals surface area contributed by atoms with E-state index in [2.05, 4.69) is 13.8 Å². The van der Waals surface area contributed by atoms with Crippen LogP contribution in [0, 0.1) is 46.8 Å². The van der Waals surface area contributed by atoms with E-state index in [1.165, 1.54) is 51.4 Å². The van der Waals surface area contributed by atoms with Gasteiger partial charge in [-0.2, -0.15) is 0 Å². The van der Waals surface area contributed by atoms with Crippen LogP contribution in [0.4, 0.5) is 0 Å². The Balaban J connectivity index is 1.56. The van der Waals surface area contributed by atoms with Crippen LogP contribution < -0.4 is 0 Å². The fraction of sp³-hybridized carbons (Fsp3) is 0.950. The molecule has 0 aromatic heterocycles. The lowest BCUT2D eigenvalue weighted by molar-refractivity contribution is -0.149. The molecule has 8 unspecified atom stereocenters. The fourth-order valence-electron chi connectivity index (χ4n) is 7.49. The van der Waals surface area contributed by atoms with E-state index in [1.54, 1.807) is 0 Å². The minimum absolute atomic E-state index is 0.0671. The Bertz CT molecular complexity index is 459. The monoisotopic (exact) mass is 304 g/mol. The summed E-state index contributed by atoms with van der Waals surface area (Å²) >= 11 is 0. The van der Waals surface area contributed by atoms with E-state index < -0.39 is 5.97 Å². The molecule has 1 N–H and O–H groups in total. The molecule has 4 saturated carbocycles. The van der Waals surface area contributed by atoms with Crippen LogP contribution in [0.1, 0.15) is 71.6 Å². The highest BCUT2D eigenvalue weighted by Gasteiger charge is 2.58. The molecule has 4 rings (SSSR count). The smallest absolute Gasteiger partial charge is 0.307 e. The van der Waals surface area contributed by atoms with Crippen molar-refractivity contribution in [1.29, 1.82) is 0 Å². The van der Waals surface area contributed by atoms with Crippen molar-refractivity contribution < 1.29 is 9.90 Å². The normalized spacial score (nSPS) is 54.2. The average Bonchev–Trinajstić information content (AvgIpc) is 2.84. The summed E-state index contributed by atoms with van der Waals surface area (Å²) in [5.41, 5.74) is 0.0990. The summed E-state index contributed by atoms with van der Waals surface area (Å²) in [4.78, 5) is 11.7. The van der Waals surface area contributed by atoms with Crippen LogP contribution in [0.15, 0.2) is 0 Å². The molecular weight excluding hydrogens is 272 g/mol. The van der Waals surface area contributed by atoms with Crippen molar-refractivity contribution in [3.63, 3.8) is 0 Å². The summed E-state index contributed by atoms with van der Waals surface area (Å²) in [7, 11) is 0. The van der Waals surface area contributed by atoms with Crippen LogP contribution in [0.5, 0.6) is 0 Å². The molecule has 22 heavy (non-hydrogen) atoms. The molecule has 0 heterocycles. The zero-order valence-electron chi connectivity index (χ0n) is 14.3. The summed E-state index contributed by atoms with van der Waals surface area (Å²) < 4.78 is 0. The summed E-state index contributed by atoms with van der Waals surface area (Å²) in [6.07, 6.45) is 11.8. The second-order valence-corrected chi connectivity index (χ2v) is 9.37. The Hall–Kier alpha value is -0.530. The number of hydrogen-bond donors (Lipinski definition) is 1. The predicted molar refractivity (Wildman–Crippen MR) is 87.4 cm³/mol. The molecular formula is C20H32O2. The third-order valence-corrected chi connectivity index (χ3v) is 8.51. The summed E-state index contributed by atoms with van der Waals surface area (Å²) in [6.45, 7) is 4.75. The van der Waals surface area contributed by atoms with Gasteiger partial charge in [0, 0.05) is 0 Å². The number of fused-ring (bicyclic) bond motifs is 5. The molecule has 0 spiro atoms. The quantitative estimate of drug-likeness (QED) is 0.742. The van der Waals surface area contributed by atoms with E-state index in [-0.39, 0.29) is 11.3 Å². The molecule has 0 saturated heterocycles. The zero-order chi connectivity index (χ0) is 15.5. The molecule has 0 amide bonds. The topological polar surface area (TPSA) is 37.3 Å². The molecule has 0 aliphatic heterocycles. The number of carboxylic acid groups (broad SMARTS) is 1. The van der Waals surface area contributed by atoms with Gasteiger partial charge in [-0.1, -0.05) is 20.3 Å². The highest BCUT2D eigenvalue weighted by molar-refractivity contribution is 5.71. The lowest BCUT2D eigenvalue weighted by Crippen LogP contribution is -2.49. The number of aliphatic carboxylic acids is 1. The Morgan fingerprint density at radius 3 is 2.50 bits per heavy atom. The first kappa shape index (κ1) is 15.0. The molecule has 8 atom stereocenters. The Kier molecular flexibility index (Phi) is 3.58. The first-order chi connectivity index (χ1) is 10.5. The van der Waals surface area contributed by atoms with Crippen molar-refractivity contribution in [2.45, 2.75) is 71.6 Å². The van der Waals surface area contributed by atoms with Crippen LogP contribution in [0.25, 0.3) is 0 Å². The first-order valence-electron chi connectivity index (χ1n) is 9.73. The highest BCUT2D eigenvalue weighted by atomic mass is 16.4. The van der Waals surface area contributed by atoms with Gasteiger partial charge in [-0.05, 0) is 92.3 Å².